The minimum atomic E-state index is -2.12. The van der Waals surface area contributed by atoms with Crippen molar-refractivity contribution < 1.29 is 102 Å². The van der Waals surface area contributed by atoms with Gasteiger partial charge in [0, 0.05) is 75.6 Å². The molecule has 1 aliphatic rings. The van der Waals surface area contributed by atoms with Gasteiger partial charge in [0.1, 0.15) is 96.4 Å². The predicted octanol–water partition coefficient (Wildman–Crippen LogP) is -2.26. The highest BCUT2D eigenvalue weighted by molar-refractivity contribution is 8.00. The number of nitrogens with one attached hydrogen (secondary N) is 16. The number of phenols is 1. The lowest BCUT2D eigenvalue weighted by atomic mass is 9.98. The molecule has 0 saturated carbocycles. The maximum atomic E-state index is 15.6. The Kier molecular flexibility index (Phi) is 43.6. The number of carboxylic acids is 1. The van der Waals surface area contributed by atoms with Crippen LogP contribution in [0, 0.1) is 23.2 Å². The first-order valence-corrected chi connectivity index (χ1v) is 46.8. The highest BCUT2D eigenvalue weighted by Gasteiger charge is 2.42. The maximum absolute atomic E-state index is 15.6. The van der Waals surface area contributed by atoms with Crippen LogP contribution in [0.3, 0.4) is 0 Å². The van der Waals surface area contributed by atoms with Crippen molar-refractivity contribution in [1.82, 2.24) is 89.2 Å². The number of primary amides is 2. The number of carboxylic acid groups (broad SMARTS) is 1. The van der Waals surface area contributed by atoms with Crippen molar-refractivity contribution in [1.29, 1.82) is 5.41 Å². The summed E-state index contributed by atoms with van der Waals surface area (Å²) in [5.74, 6) is -23.2. The molecule has 43 nitrogen and oxygen atoms in total. The highest BCUT2D eigenvalue weighted by Crippen LogP contribution is 2.25. The minimum absolute atomic E-state index is 0.0182. The van der Waals surface area contributed by atoms with E-state index in [0.29, 0.717) is 39.4 Å². The molecule has 1 fully saturated rings. The van der Waals surface area contributed by atoms with Crippen molar-refractivity contribution in [3.05, 3.63) is 162 Å². The molecule has 7 rings (SSSR count). The van der Waals surface area contributed by atoms with Crippen LogP contribution in [-0.2, 0) is 112 Å². The largest absolute Gasteiger partial charge is 0.508 e. The van der Waals surface area contributed by atoms with Gasteiger partial charge in [-0.25, -0.2) is 0 Å². The third-order valence-corrected chi connectivity index (χ3v) is 24.2. The van der Waals surface area contributed by atoms with Crippen LogP contribution in [-0.4, -0.2) is 278 Å². The number of hydrogen-bond donors (Lipinski definition) is 23. The average molecular weight is 1950 g/mol. The molecule has 2 heterocycles. The third-order valence-electron chi connectivity index (χ3n) is 23.2. The second-order valence-electron chi connectivity index (χ2n) is 35.2. The van der Waals surface area contributed by atoms with E-state index in [2.05, 4.69) is 79.4 Å². The molecule has 27 N–H and O–H groups in total. The Labute approximate surface area is 808 Å². The Morgan fingerprint density at radius 1 is 0.496 bits per heavy atom. The number of benzene rings is 5. The molecule has 0 radical (unpaired) electrons. The van der Waals surface area contributed by atoms with E-state index >= 15 is 38.4 Å². The first-order valence-electron chi connectivity index (χ1n) is 45.6. The van der Waals surface area contributed by atoms with Crippen molar-refractivity contribution in [2.24, 2.45) is 40.7 Å². The maximum Gasteiger partial charge on any atom is 0.305 e. The molecule has 5 aromatic carbocycles. The summed E-state index contributed by atoms with van der Waals surface area (Å²) in [5.41, 5.74) is 26.7. The lowest BCUT2D eigenvalue weighted by Crippen LogP contribution is -2.62. The van der Waals surface area contributed by atoms with E-state index in [-0.39, 0.29) is 68.8 Å². The Hall–Kier alpha value is -14.6. The van der Waals surface area contributed by atoms with E-state index in [9.17, 15) is 63.3 Å². The van der Waals surface area contributed by atoms with E-state index < -0.39 is 265 Å². The molecular formula is C95H130N22O21S. The van der Waals surface area contributed by atoms with Gasteiger partial charge in [-0.2, -0.15) is 0 Å². The number of aliphatic carboxylic acids is 1. The minimum Gasteiger partial charge on any atom is -0.508 e. The number of thioether (sulfide) groups is 1. The number of aromatic nitrogens is 1. The number of fused-ring (bicyclic) bond motifs is 1. The third kappa shape index (κ3) is 34.9. The number of carbonyl (C=O) groups excluding carboxylic acids is 17. The number of para-hydroxylation sites is 1. The molecule has 0 aliphatic carbocycles. The number of aliphatic hydroxyl groups is 1. The summed E-state index contributed by atoms with van der Waals surface area (Å²) in [6, 6.07) is 11.9. The average Bonchev–Trinajstić information content (AvgIpc) is 1.79. The summed E-state index contributed by atoms with van der Waals surface area (Å²) in [7, 11) is 2.57. The topological polar surface area (TPSA) is 687 Å². The summed E-state index contributed by atoms with van der Waals surface area (Å²) < 4.78 is 0. The summed E-state index contributed by atoms with van der Waals surface area (Å²) in [4.78, 5) is 266. The van der Waals surface area contributed by atoms with Gasteiger partial charge in [0.25, 0.3) is 0 Å². The molecule has 0 bridgehead atoms. The molecule has 0 unspecified atom stereocenters. The van der Waals surface area contributed by atoms with E-state index in [1.54, 1.807) is 107 Å². The zero-order chi connectivity index (χ0) is 103. The fourth-order valence-electron chi connectivity index (χ4n) is 15.1. The van der Waals surface area contributed by atoms with Gasteiger partial charge in [-0.1, -0.05) is 157 Å². The van der Waals surface area contributed by atoms with Crippen molar-refractivity contribution in [2.45, 2.75) is 217 Å². The van der Waals surface area contributed by atoms with Crippen molar-refractivity contribution in [2.75, 3.05) is 45.3 Å². The second-order valence-corrected chi connectivity index (χ2v) is 36.3. The molecular weight excluding hydrogens is 1820 g/mol. The Morgan fingerprint density at radius 2 is 0.964 bits per heavy atom. The standard InChI is InChI=1S/C95H130N22O21S/c1-50(2)40-67-86(130)114-79(52(5)6)92(136)112-72(47-118)88(132)113-73(89(133)103-53(7)80(98)124)48-139-49-76(121)104-64(35-36-75(97)120)81(125)108-68(42-57-29-33-61(119)34-30-57)84(128)110-71(45-77(122)123)85(129)109-70(44-60-46-102-63-25-18-17-24-62(60)63)87(131)115-78(51(3)4)91(135)111-69(41-56-27-31-59(32-28-56)58-22-15-12-16-23-58)83(127)106-66(26-19-39-101-95(99)100)94(138)116(9)54(8)93(137)117(10)74(43-55-20-13-11-14-21-55)90(134)105-65(37-38-96)82(126)107-67/h11-18,20-25,27-34,46,50-54,64-74,78-79,102,118-119H,19,26,35-45,47-49,96H2,1-10H3,(H2,97,120)(H2,98,124)(H,103,133)(H,104,121)(H,105,134)(H,106,127)(H,107,126)(H,108,125)(H,109,129)(H,110,128)(H,111,135)(H,112,136)(H,113,132)(H,114,130)(H,115,131)(H,122,123)(H4,99,100,101)/t53-,54-,64-,65-,66-,67-,68-,69-,70-,71-,72-,73-,74-,78-,79-/m0/s1. The van der Waals surface area contributed by atoms with Gasteiger partial charge in [0.05, 0.1) is 18.8 Å². The van der Waals surface area contributed by atoms with Gasteiger partial charge >= 0.3 is 5.97 Å². The zero-order valence-corrected chi connectivity index (χ0v) is 80.1. The molecule has 1 aromatic heterocycles. The highest BCUT2D eigenvalue weighted by atomic mass is 32.2. The number of nitrogens with zero attached hydrogens (tertiary/aromatic N) is 2. The van der Waals surface area contributed by atoms with E-state index in [0.717, 1.165) is 20.9 Å². The van der Waals surface area contributed by atoms with Gasteiger partial charge in [0.15, 0.2) is 5.96 Å². The van der Waals surface area contributed by atoms with Crippen LogP contribution in [0.4, 0.5) is 0 Å². The summed E-state index contributed by atoms with van der Waals surface area (Å²) in [5, 5.41) is 75.9. The molecule has 0 spiro atoms. The fourth-order valence-corrected chi connectivity index (χ4v) is 16.0. The number of aromatic amines is 1. The van der Waals surface area contributed by atoms with E-state index in [1.807, 2.05) is 30.3 Å². The molecule has 17 amide bonds. The van der Waals surface area contributed by atoms with Gasteiger partial charge in [-0.3, -0.25) is 91.7 Å². The van der Waals surface area contributed by atoms with Crippen molar-refractivity contribution >= 4 is 135 Å². The number of hydrogen-bond acceptors (Lipinski definition) is 23. The summed E-state index contributed by atoms with van der Waals surface area (Å²) in [6.07, 6.45) is -2.69. The number of amides is 17. The number of aromatic hydroxyl groups is 1. The van der Waals surface area contributed by atoms with Crippen LogP contribution in [0.25, 0.3) is 22.0 Å². The number of aliphatic hydroxyl groups excluding tert-OH is 1. The monoisotopic (exact) mass is 1950 g/mol. The SMILES string of the molecule is CC(C)C[C@@H]1NC(=O)[C@H](CCN)NC(=O)[C@H](Cc2ccccc2)N(C)C(=O)[C@H](C)N(C)C(=O)[C@H](CCCNC(=N)N)NC(=O)[C@H](Cc2ccc(-c3ccccc3)cc2)NC(=O)[C@H](C(C)C)NC(=O)[C@H](Cc2c[nH]c3ccccc23)NC(=O)[C@H](CC(=O)O)NC(=O)[C@H](Cc2ccc(O)cc2)NC(=O)[C@H](CCC(N)=O)NC(=O)CSC[C@@H](C(=O)N[C@@H](C)C(N)=O)NC(=O)[C@H](CO)NC(=O)[C@H](C(C)C)NC1=O. The van der Waals surface area contributed by atoms with E-state index in [4.69, 9.17) is 28.3 Å². The quantitative estimate of drug-likeness (QED) is 0.0140. The molecule has 1 aliphatic heterocycles. The Morgan fingerprint density at radius 3 is 1.51 bits per heavy atom. The second kappa shape index (κ2) is 54.4. The smallest absolute Gasteiger partial charge is 0.305 e. The van der Waals surface area contributed by atoms with Crippen LogP contribution in [0.2, 0.25) is 0 Å². The molecule has 44 heteroatoms. The Bertz CT molecular complexity index is 5300. The van der Waals surface area contributed by atoms with E-state index in [1.165, 1.54) is 72.3 Å². The lowest BCUT2D eigenvalue weighted by Gasteiger charge is -2.35. The predicted molar refractivity (Wildman–Crippen MR) is 515 cm³/mol. The lowest BCUT2D eigenvalue weighted by molar-refractivity contribution is -0.148. The molecule has 1 saturated heterocycles. The first-order chi connectivity index (χ1) is 65.9. The summed E-state index contributed by atoms with van der Waals surface area (Å²) >= 11 is 0.639. The number of likely N-dealkylation sites (N-methyl/N-ethyl adjacent to an activating group) is 2. The number of phenolic OH excluding ortho intramolecular Hbond substituents is 1. The summed E-state index contributed by atoms with van der Waals surface area (Å²) in [6.45, 7) is 10.8. The van der Waals surface area contributed by atoms with Crippen LogP contribution in [0.1, 0.15) is 123 Å². The van der Waals surface area contributed by atoms with Gasteiger partial charge in [-0.05, 0) is 122 Å². The van der Waals surface area contributed by atoms with Gasteiger partial charge in [-0.15, -0.1) is 11.8 Å². The molecule has 15 atom stereocenters. The normalized spacial score (nSPS) is 23.0. The van der Waals surface area contributed by atoms with Crippen LogP contribution in [0.15, 0.2) is 140 Å². The van der Waals surface area contributed by atoms with Gasteiger partial charge < -0.3 is 127 Å². The van der Waals surface area contributed by atoms with Crippen molar-refractivity contribution in [3.63, 3.8) is 0 Å². The van der Waals surface area contributed by atoms with Gasteiger partial charge in [0.2, 0.25) is 100 Å². The van der Waals surface area contributed by atoms with Crippen molar-refractivity contribution in [3.8, 4) is 16.9 Å². The first kappa shape index (κ1) is 111. The number of H-pyrrole nitrogens is 1. The Balaban J connectivity index is 1.35. The van der Waals surface area contributed by atoms with Crippen LogP contribution < -0.4 is 97.4 Å². The number of nitrogens with two attached hydrogens (primary N) is 4. The number of carbonyl (C=O) groups is 18. The van der Waals surface area contributed by atoms with Crippen LogP contribution in [0.5, 0.6) is 5.75 Å². The number of rotatable bonds is 28. The van der Waals surface area contributed by atoms with Crippen LogP contribution >= 0.6 is 11.8 Å². The number of guanidine groups is 1. The molecule has 6 aromatic rings. The zero-order valence-electron chi connectivity index (χ0n) is 79.3. The molecule has 752 valence electrons. The fraction of sp³-hybridized carbons (Fsp3) is 0.463. The molecule has 139 heavy (non-hydrogen) atoms.